The first kappa shape index (κ1) is 17.4. The van der Waals surface area contributed by atoms with E-state index in [9.17, 15) is 9.90 Å². The van der Waals surface area contributed by atoms with E-state index in [1.807, 2.05) is 18.2 Å². The number of thioether (sulfide) groups is 1. The zero-order valence-corrected chi connectivity index (χ0v) is 14.5. The van der Waals surface area contributed by atoms with E-state index in [0.717, 1.165) is 5.75 Å². The Bertz CT molecular complexity index is 657. The van der Waals surface area contributed by atoms with E-state index in [0.29, 0.717) is 17.3 Å². The highest BCUT2D eigenvalue weighted by Gasteiger charge is 2.12. The van der Waals surface area contributed by atoms with E-state index in [1.54, 1.807) is 18.2 Å². The maximum atomic E-state index is 11.0. The van der Waals surface area contributed by atoms with Gasteiger partial charge < -0.3 is 14.6 Å². The van der Waals surface area contributed by atoms with Crippen molar-refractivity contribution in [2.75, 3.05) is 12.4 Å². The van der Waals surface area contributed by atoms with Gasteiger partial charge in [0.05, 0.1) is 12.6 Å². The summed E-state index contributed by atoms with van der Waals surface area (Å²) in [6, 6.07) is 15.0. The second-order valence-electron chi connectivity index (χ2n) is 6.25. The van der Waals surface area contributed by atoms with Crippen LogP contribution in [0.25, 0.3) is 0 Å². The van der Waals surface area contributed by atoms with Gasteiger partial charge in [0.1, 0.15) is 5.75 Å². The fraction of sp³-hybridized carbons (Fsp3) is 0.316. The summed E-state index contributed by atoms with van der Waals surface area (Å²) in [5.74, 6) is 0.351. The molecule has 23 heavy (non-hydrogen) atoms. The van der Waals surface area contributed by atoms with E-state index in [1.165, 1.54) is 17.3 Å². The van der Waals surface area contributed by atoms with Gasteiger partial charge in [0, 0.05) is 16.2 Å². The van der Waals surface area contributed by atoms with Gasteiger partial charge in [-0.15, -0.1) is 11.8 Å². The lowest BCUT2D eigenvalue weighted by molar-refractivity contribution is -0.255. The van der Waals surface area contributed by atoms with E-state index >= 15 is 0 Å². The van der Waals surface area contributed by atoms with Crippen LogP contribution in [0.2, 0.25) is 0 Å². The largest absolute Gasteiger partial charge is 0.545 e. The van der Waals surface area contributed by atoms with Crippen molar-refractivity contribution in [3.8, 4) is 5.75 Å². The molecule has 0 aromatic heterocycles. The molecule has 3 nitrogen and oxygen atoms in total. The number of aromatic carboxylic acids is 1. The smallest absolute Gasteiger partial charge is 0.119 e. The van der Waals surface area contributed by atoms with Crippen molar-refractivity contribution in [1.82, 2.24) is 0 Å². The monoisotopic (exact) mass is 329 g/mol. The lowest BCUT2D eigenvalue weighted by atomic mass is 9.87. The highest BCUT2D eigenvalue weighted by molar-refractivity contribution is 7.99. The molecule has 0 amide bonds. The Morgan fingerprint density at radius 1 is 1.09 bits per heavy atom. The molecule has 0 spiro atoms. The molecule has 0 atom stereocenters. The van der Waals surface area contributed by atoms with Crippen LogP contribution in [0.5, 0.6) is 5.75 Å². The van der Waals surface area contributed by atoms with Crippen molar-refractivity contribution >= 4 is 17.7 Å². The molecule has 0 saturated heterocycles. The number of benzene rings is 2. The summed E-state index contributed by atoms with van der Waals surface area (Å²) in [7, 11) is 0. The highest BCUT2D eigenvalue weighted by Crippen LogP contribution is 2.25. The van der Waals surface area contributed by atoms with Gasteiger partial charge in [-0.1, -0.05) is 51.1 Å². The minimum atomic E-state index is -1.15. The number of carbonyl (C=O) groups is 1. The normalized spacial score (nSPS) is 11.3. The van der Waals surface area contributed by atoms with Crippen molar-refractivity contribution in [2.24, 2.45) is 0 Å². The van der Waals surface area contributed by atoms with Gasteiger partial charge in [0.2, 0.25) is 0 Å². The lowest BCUT2D eigenvalue weighted by Crippen LogP contribution is -2.23. The summed E-state index contributed by atoms with van der Waals surface area (Å²) < 4.78 is 5.71. The predicted molar refractivity (Wildman–Crippen MR) is 92.1 cm³/mol. The molecule has 0 N–H and O–H groups in total. The van der Waals surface area contributed by atoms with Crippen molar-refractivity contribution in [1.29, 1.82) is 0 Å². The maximum Gasteiger partial charge on any atom is 0.119 e. The molecule has 0 bridgehead atoms. The van der Waals surface area contributed by atoms with Gasteiger partial charge in [-0.3, -0.25) is 0 Å². The molecule has 4 heteroatoms. The number of carboxylic acid groups (broad SMARTS) is 1. The molecule has 0 unspecified atom stereocenters. The van der Waals surface area contributed by atoms with Gasteiger partial charge in [-0.2, -0.15) is 0 Å². The van der Waals surface area contributed by atoms with Crippen LogP contribution >= 0.6 is 11.8 Å². The second kappa shape index (κ2) is 7.55. The van der Waals surface area contributed by atoms with Crippen LogP contribution in [0, 0.1) is 0 Å². The molecular formula is C19H21O3S-. The summed E-state index contributed by atoms with van der Waals surface area (Å²) in [6.45, 7) is 7.04. The Hall–Kier alpha value is -1.94. The molecule has 2 aromatic carbocycles. The number of rotatable bonds is 6. The van der Waals surface area contributed by atoms with Gasteiger partial charge in [0.15, 0.2) is 0 Å². The molecule has 0 aliphatic carbocycles. The average molecular weight is 329 g/mol. The molecule has 0 aliphatic rings. The molecule has 0 saturated carbocycles. The third-order valence-electron chi connectivity index (χ3n) is 3.44. The Morgan fingerprint density at radius 3 is 2.35 bits per heavy atom. The summed E-state index contributed by atoms with van der Waals surface area (Å²) in [6.07, 6.45) is 0. The van der Waals surface area contributed by atoms with Crippen LogP contribution < -0.4 is 9.84 Å². The van der Waals surface area contributed by atoms with E-state index in [4.69, 9.17) is 4.74 Å². The van der Waals surface area contributed by atoms with E-state index in [2.05, 4.69) is 32.9 Å². The molecule has 2 rings (SSSR count). The first-order valence-electron chi connectivity index (χ1n) is 7.54. The summed E-state index contributed by atoms with van der Waals surface area (Å²) >= 11 is 1.46. The fourth-order valence-electron chi connectivity index (χ4n) is 2.12. The van der Waals surface area contributed by atoms with Crippen molar-refractivity contribution in [3.05, 3.63) is 59.7 Å². The van der Waals surface area contributed by atoms with Crippen LogP contribution in [0.15, 0.2) is 53.4 Å². The zero-order valence-electron chi connectivity index (χ0n) is 13.7. The fourth-order valence-corrected chi connectivity index (χ4v) is 2.99. The highest BCUT2D eigenvalue weighted by atomic mass is 32.2. The average Bonchev–Trinajstić information content (AvgIpc) is 2.51. The quantitative estimate of drug-likeness (QED) is 0.601. The number of hydrogen-bond donors (Lipinski definition) is 0. The molecule has 0 heterocycles. The topological polar surface area (TPSA) is 49.4 Å². The summed E-state index contributed by atoms with van der Waals surface area (Å²) in [5.41, 5.74) is 1.62. The minimum Gasteiger partial charge on any atom is -0.545 e. The van der Waals surface area contributed by atoms with Crippen molar-refractivity contribution in [2.45, 2.75) is 31.1 Å². The van der Waals surface area contributed by atoms with Crippen molar-refractivity contribution < 1.29 is 14.6 Å². The number of hydrogen-bond acceptors (Lipinski definition) is 4. The molecular weight excluding hydrogens is 308 g/mol. The first-order valence-corrected chi connectivity index (χ1v) is 8.53. The molecule has 0 fully saturated rings. The Kier molecular flexibility index (Phi) is 5.72. The van der Waals surface area contributed by atoms with Crippen molar-refractivity contribution in [3.63, 3.8) is 0 Å². The predicted octanol–water partition coefficient (Wildman–Crippen LogP) is 3.52. The third-order valence-corrected chi connectivity index (χ3v) is 4.47. The van der Waals surface area contributed by atoms with Gasteiger partial charge in [0.25, 0.3) is 0 Å². The van der Waals surface area contributed by atoms with Gasteiger partial charge in [-0.05, 0) is 29.2 Å². The van der Waals surface area contributed by atoms with Crippen LogP contribution in [0.1, 0.15) is 36.7 Å². The summed E-state index contributed by atoms with van der Waals surface area (Å²) in [5, 5.41) is 11.0. The van der Waals surface area contributed by atoms with Crippen LogP contribution in [-0.4, -0.2) is 18.3 Å². The Morgan fingerprint density at radius 2 is 1.74 bits per heavy atom. The van der Waals surface area contributed by atoms with Crippen LogP contribution in [0.3, 0.4) is 0 Å². The molecule has 0 aliphatic heterocycles. The molecule has 122 valence electrons. The maximum absolute atomic E-state index is 11.0. The second-order valence-corrected chi connectivity index (χ2v) is 7.39. The SMILES string of the molecule is CC(C)(C)c1ccc(OCCSc2ccccc2C(=O)[O-])cc1. The standard InChI is InChI=1S/C19H22O3S/c1-19(2,3)14-8-10-15(11-9-14)22-12-13-23-17-7-5-4-6-16(17)18(20)21/h4-11H,12-13H2,1-3H3,(H,20,21)/p-1. The third kappa shape index (κ3) is 5.03. The number of ether oxygens (including phenoxy) is 1. The van der Waals surface area contributed by atoms with E-state index < -0.39 is 5.97 Å². The lowest BCUT2D eigenvalue weighted by Gasteiger charge is -2.19. The number of carbonyl (C=O) groups excluding carboxylic acids is 1. The summed E-state index contributed by atoms with van der Waals surface area (Å²) in [4.78, 5) is 11.7. The zero-order chi connectivity index (χ0) is 16.9. The molecule has 0 radical (unpaired) electrons. The van der Waals surface area contributed by atoms with Crippen LogP contribution in [0.4, 0.5) is 0 Å². The van der Waals surface area contributed by atoms with E-state index in [-0.39, 0.29) is 11.0 Å². The van der Waals surface area contributed by atoms with Gasteiger partial charge in [-0.25, -0.2) is 0 Å². The number of carboxylic acids is 1. The Balaban J connectivity index is 1.85. The molecule has 2 aromatic rings. The first-order chi connectivity index (χ1) is 10.9. The van der Waals surface area contributed by atoms with Crippen LogP contribution in [-0.2, 0) is 5.41 Å². The Labute approximate surface area is 141 Å². The van der Waals surface area contributed by atoms with Gasteiger partial charge >= 0.3 is 0 Å². The minimum absolute atomic E-state index is 0.128.